The van der Waals surface area contributed by atoms with Crippen LogP contribution in [0.1, 0.15) is 11.1 Å². The number of benzene rings is 3. The Morgan fingerprint density at radius 3 is 2.21 bits per heavy atom. The second-order valence-electron chi connectivity index (χ2n) is 6.84. The van der Waals surface area contributed by atoms with Crippen LogP contribution in [0.2, 0.25) is 0 Å². The van der Waals surface area contributed by atoms with Crippen molar-refractivity contribution in [3.05, 3.63) is 92.0 Å². The predicted octanol–water partition coefficient (Wildman–Crippen LogP) is 3.92. The van der Waals surface area contributed by atoms with Gasteiger partial charge in [0.25, 0.3) is 15.7 Å². The number of nitrogens with zero attached hydrogens (tertiary/aromatic N) is 3. The molecule has 34 heavy (non-hydrogen) atoms. The molecule has 3 aromatic rings. The molecule has 0 aliphatic rings. The van der Waals surface area contributed by atoms with E-state index in [0.29, 0.717) is 5.56 Å². The lowest BCUT2D eigenvalue weighted by atomic mass is 10.2. The topological polar surface area (TPSA) is 163 Å². The minimum absolute atomic E-state index is 0.0567. The van der Waals surface area contributed by atoms with E-state index in [1.807, 2.05) is 6.92 Å². The number of non-ortho nitro benzene ring substituents is 1. The molecule has 0 aromatic heterocycles. The van der Waals surface area contributed by atoms with Crippen molar-refractivity contribution in [2.45, 2.75) is 11.8 Å². The zero-order valence-electron chi connectivity index (χ0n) is 17.9. The molecule has 0 radical (unpaired) electrons. The third-order valence-electron chi connectivity index (χ3n) is 4.48. The highest BCUT2D eigenvalue weighted by molar-refractivity contribution is 7.89. The van der Waals surface area contributed by atoms with Crippen molar-refractivity contribution in [1.82, 2.24) is 4.83 Å². The molecule has 0 saturated heterocycles. The van der Waals surface area contributed by atoms with Gasteiger partial charge in [-0.1, -0.05) is 17.7 Å². The Labute approximate surface area is 193 Å². The molecule has 0 heterocycles. The van der Waals surface area contributed by atoms with Gasteiger partial charge in [-0.05, 0) is 48.9 Å². The average Bonchev–Trinajstić information content (AvgIpc) is 2.80. The monoisotopic (exact) mass is 486 g/mol. The Kier molecular flexibility index (Phi) is 7.06. The number of methoxy groups -OCH3 is 1. The highest BCUT2D eigenvalue weighted by atomic mass is 32.2. The molecule has 0 fully saturated rings. The number of hydrogen-bond donors (Lipinski definition) is 1. The molecule has 0 unspecified atom stereocenters. The lowest BCUT2D eigenvalue weighted by Gasteiger charge is -2.11. The van der Waals surface area contributed by atoms with Crippen LogP contribution in [0.3, 0.4) is 0 Å². The second-order valence-corrected chi connectivity index (χ2v) is 8.51. The van der Waals surface area contributed by atoms with Gasteiger partial charge >= 0.3 is 5.69 Å². The Hall–Kier alpha value is -4.52. The standard InChI is InChI=1S/C21H18N4O8S/c1-14-3-7-17(8-4-14)34(30,31)23-22-13-15-5-9-20(21(11-15)32-2)33-19-10-6-16(24(26)27)12-18(19)25(28)29/h3-13,23H,1-2H3/b22-13-. The van der Waals surface area contributed by atoms with Crippen molar-refractivity contribution in [2.24, 2.45) is 5.10 Å². The maximum atomic E-state index is 12.3. The first-order valence-electron chi connectivity index (χ1n) is 9.51. The van der Waals surface area contributed by atoms with Crippen molar-refractivity contribution < 1.29 is 27.7 Å². The molecule has 13 heteroatoms. The van der Waals surface area contributed by atoms with Crippen LogP contribution < -0.4 is 14.3 Å². The van der Waals surface area contributed by atoms with Crippen molar-refractivity contribution >= 4 is 27.6 Å². The molecule has 3 aromatic carbocycles. The number of sulfonamides is 1. The van der Waals surface area contributed by atoms with E-state index in [-0.39, 0.29) is 22.1 Å². The van der Waals surface area contributed by atoms with Crippen LogP contribution in [0.15, 0.2) is 70.7 Å². The molecule has 0 spiro atoms. The van der Waals surface area contributed by atoms with Crippen LogP contribution in [0.5, 0.6) is 17.2 Å². The fourth-order valence-corrected chi connectivity index (χ4v) is 3.55. The van der Waals surface area contributed by atoms with Crippen molar-refractivity contribution in [1.29, 1.82) is 0 Å². The molecule has 3 rings (SSSR count). The van der Waals surface area contributed by atoms with E-state index in [1.54, 1.807) is 12.1 Å². The number of nitro benzene ring substituents is 2. The van der Waals surface area contributed by atoms with Gasteiger partial charge in [0.1, 0.15) is 0 Å². The molecule has 0 bridgehead atoms. The Bertz CT molecular complexity index is 1370. The first-order valence-corrected chi connectivity index (χ1v) is 11.0. The first kappa shape index (κ1) is 24.1. The Balaban J connectivity index is 1.80. The lowest BCUT2D eigenvalue weighted by Crippen LogP contribution is -2.18. The largest absolute Gasteiger partial charge is 0.493 e. The van der Waals surface area contributed by atoms with Gasteiger partial charge < -0.3 is 9.47 Å². The van der Waals surface area contributed by atoms with Gasteiger partial charge in [0.15, 0.2) is 11.5 Å². The van der Waals surface area contributed by atoms with Crippen molar-refractivity contribution in [3.8, 4) is 17.2 Å². The van der Waals surface area contributed by atoms with Crippen LogP contribution in [0.25, 0.3) is 0 Å². The third kappa shape index (κ3) is 5.63. The van der Waals surface area contributed by atoms with Gasteiger partial charge in [-0.25, -0.2) is 4.83 Å². The van der Waals surface area contributed by atoms with E-state index in [4.69, 9.17) is 9.47 Å². The summed E-state index contributed by atoms with van der Waals surface area (Å²) < 4.78 is 35.4. The highest BCUT2D eigenvalue weighted by Gasteiger charge is 2.22. The molecule has 0 atom stereocenters. The van der Waals surface area contributed by atoms with E-state index in [0.717, 1.165) is 23.8 Å². The van der Waals surface area contributed by atoms with E-state index >= 15 is 0 Å². The van der Waals surface area contributed by atoms with E-state index < -0.39 is 31.2 Å². The molecular formula is C21H18N4O8S. The summed E-state index contributed by atoms with van der Waals surface area (Å²) in [5, 5.41) is 26.0. The quantitative estimate of drug-likeness (QED) is 0.270. The van der Waals surface area contributed by atoms with Crippen molar-refractivity contribution in [3.63, 3.8) is 0 Å². The summed E-state index contributed by atoms with van der Waals surface area (Å²) in [5.74, 6) is 0.0380. The van der Waals surface area contributed by atoms with Crippen LogP contribution in [0, 0.1) is 27.2 Å². The first-order chi connectivity index (χ1) is 16.1. The number of nitrogens with one attached hydrogen (secondary N) is 1. The van der Waals surface area contributed by atoms with Gasteiger partial charge in [-0.2, -0.15) is 13.5 Å². The van der Waals surface area contributed by atoms with Crippen LogP contribution >= 0.6 is 0 Å². The third-order valence-corrected chi connectivity index (χ3v) is 5.71. The lowest BCUT2D eigenvalue weighted by molar-refractivity contribution is -0.394. The fraction of sp³-hybridized carbons (Fsp3) is 0.0952. The zero-order chi connectivity index (χ0) is 24.9. The van der Waals surface area contributed by atoms with Crippen LogP contribution in [0.4, 0.5) is 11.4 Å². The van der Waals surface area contributed by atoms with Gasteiger partial charge in [-0.15, -0.1) is 0 Å². The number of hydrogen-bond acceptors (Lipinski definition) is 9. The summed E-state index contributed by atoms with van der Waals surface area (Å²) in [6, 6.07) is 13.6. The molecule has 12 nitrogen and oxygen atoms in total. The normalized spacial score (nSPS) is 11.2. The summed E-state index contributed by atoms with van der Waals surface area (Å²) in [4.78, 5) is 22.8. The minimum Gasteiger partial charge on any atom is -0.493 e. The predicted molar refractivity (Wildman–Crippen MR) is 122 cm³/mol. The molecule has 1 N–H and O–H groups in total. The number of hydrazone groups is 1. The summed E-state index contributed by atoms with van der Waals surface area (Å²) in [6.45, 7) is 1.84. The highest BCUT2D eigenvalue weighted by Crippen LogP contribution is 2.38. The number of ether oxygens (including phenoxy) is 2. The zero-order valence-corrected chi connectivity index (χ0v) is 18.7. The fourth-order valence-electron chi connectivity index (χ4n) is 2.76. The molecule has 176 valence electrons. The molecular weight excluding hydrogens is 468 g/mol. The Morgan fingerprint density at radius 2 is 1.59 bits per heavy atom. The summed E-state index contributed by atoms with van der Waals surface area (Å²) in [5.41, 5.74) is 0.308. The summed E-state index contributed by atoms with van der Waals surface area (Å²) in [7, 11) is -2.51. The maximum Gasteiger partial charge on any atom is 0.318 e. The van der Waals surface area contributed by atoms with Crippen molar-refractivity contribution in [2.75, 3.05) is 7.11 Å². The Morgan fingerprint density at radius 1 is 0.912 bits per heavy atom. The molecule has 0 amide bonds. The number of rotatable bonds is 9. The van der Waals surface area contributed by atoms with Crippen LogP contribution in [-0.2, 0) is 10.0 Å². The number of nitro groups is 2. The maximum absolute atomic E-state index is 12.3. The van der Waals surface area contributed by atoms with Gasteiger partial charge in [0.2, 0.25) is 5.75 Å². The summed E-state index contributed by atoms with van der Waals surface area (Å²) in [6.07, 6.45) is 1.24. The molecule has 0 aliphatic heterocycles. The SMILES string of the molecule is COc1cc(/C=N\NS(=O)(=O)c2ccc(C)cc2)ccc1Oc1ccc([N+](=O)[O-])cc1[N+](=O)[O-]. The smallest absolute Gasteiger partial charge is 0.318 e. The molecule has 0 aliphatic carbocycles. The van der Waals surface area contributed by atoms with Gasteiger partial charge in [0, 0.05) is 6.07 Å². The minimum atomic E-state index is -3.85. The summed E-state index contributed by atoms with van der Waals surface area (Å²) >= 11 is 0. The van der Waals surface area contributed by atoms with Crippen LogP contribution in [-0.4, -0.2) is 31.6 Å². The van der Waals surface area contributed by atoms with Gasteiger partial charge in [0.05, 0.1) is 34.1 Å². The van der Waals surface area contributed by atoms with Gasteiger partial charge in [-0.3, -0.25) is 20.2 Å². The molecule has 0 saturated carbocycles. The average molecular weight is 486 g/mol. The number of aryl methyl sites for hydroxylation is 1. The van der Waals surface area contributed by atoms with E-state index in [2.05, 4.69) is 9.93 Å². The van der Waals surface area contributed by atoms with E-state index in [1.165, 1.54) is 43.7 Å². The van der Waals surface area contributed by atoms with E-state index in [9.17, 15) is 28.6 Å². The second kappa shape index (κ2) is 9.95.